The number of ether oxygens (including phenoxy) is 1. The Labute approximate surface area is 234 Å². The van der Waals surface area contributed by atoms with E-state index in [-0.39, 0.29) is 17.4 Å². The molecular weight excluding hydrogens is 526 g/mol. The number of fused-ring (bicyclic) bond motifs is 1. The van der Waals surface area contributed by atoms with Crippen molar-refractivity contribution in [2.45, 2.75) is 19.4 Å². The highest BCUT2D eigenvalue weighted by Gasteiger charge is 2.25. The van der Waals surface area contributed by atoms with Crippen molar-refractivity contribution >= 4 is 50.8 Å². The number of aromatic nitrogens is 2. The first-order valence-corrected chi connectivity index (χ1v) is 13.3. The van der Waals surface area contributed by atoms with Gasteiger partial charge in [0.05, 0.1) is 34.2 Å². The Morgan fingerprint density at radius 3 is 2.27 bits per heavy atom. The number of carbonyl (C=O) groups is 3. The maximum atomic E-state index is 13.3. The van der Waals surface area contributed by atoms with E-state index in [0.29, 0.717) is 37.9 Å². The number of amides is 3. The van der Waals surface area contributed by atoms with Gasteiger partial charge in [0.15, 0.2) is 0 Å². The molecule has 5 rings (SSSR count). The molecule has 2 aromatic heterocycles. The number of anilines is 2. The molecule has 5 aromatic rings. The fourth-order valence-corrected chi connectivity index (χ4v) is 5.09. The Morgan fingerprint density at radius 1 is 0.850 bits per heavy atom. The lowest BCUT2D eigenvalue weighted by Crippen LogP contribution is -2.40. The Hall–Kier alpha value is -4.96. The number of H-pyrrole nitrogens is 1. The van der Waals surface area contributed by atoms with Crippen LogP contribution in [0.15, 0.2) is 84.9 Å². The molecule has 0 saturated carbocycles. The molecule has 0 fully saturated rings. The summed E-state index contributed by atoms with van der Waals surface area (Å²) in [6.45, 7) is 3.88. The smallest absolute Gasteiger partial charge is 0.262 e. The maximum absolute atomic E-state index is 13.3. The van der Waals surface area contributed by atoms with Gasteiger partial charge in [-0.1, -0.05) is 42.5 Å². The van der Waals surface area contributed by atoms with Crippen molar-refractivity contribution in [2.24, 2.45) is 0 Å². The lowest BCUT2D eigenvalue weighted by molar-refractivity contribution is 0.0915. The SMILES string of the molecule is COc1ccc(C(=O)Nc2ccccc2C(=O)Nc2[nH]nc3sc(C(=O)NC(C)(C)c4ccccc4)cc23)cc1. The molecule has 0 atom stereocenters. The summed E-state index contributed by atoms with van der Waals surface area (Å²) >= 11 is 1.23. The Morgan fingerprint density at radius 2 is 1.55 bits per heavy atom. The van der Waals surface area contributed by atoms with E-state index in [9.17, 15) is 14.4 Å². The third kappa shape index (κ3) is 5.57. The summed E-state index contributed by atoms with van der Waals surface area (Å²) < 4.78 is 5.14. The molecule has 0 aliphatic rings. The number of rotatable bonds is 8. The van der Waals surface area contributed by atoms with Crippen LogP contribution in [0.2, 0.25) is 0 Å². The molecule has 3 aromatic carbocycles. The number of para-hydroxylation sites is 1. The van der Waals surface area contributed by atoms with Gasteiger partial charge in [0.1, 0.15) is 16.4 Å². The second kappa shape index (κ2) is 11.0. The topological polar surface area (TPSA) is 125 Å². The number of nitrogens with one attached hydrogen (secondary N) is 4. The summed E-state index contributed by atoms with van der Waals surface area (Å²) in [5, 5.41) is 16.4. The minimum Gasteiger partial charge on any atom is -0.497 e. The lowest BCUT2D eigenvalue weighted by atomic mass is 9.94. The van der Waals surface area contributed by atoms with Crippen molar-refractivity contribution < 1.29 is 19.1 Å². The van der Waals surface area contributed by atoms with Gasteiger partial charge in [0, 0.05) is 5.56 Å². The number of hydrogen-bond acceptors (Lipinski definition) is 6. The summed E-state index contributed by atoms with van der Waals surface area (Å²) in [6, 6.07) is 24.8. The van der Waals surface area contributed by atoms with Gasteiger partial charge in [-0.15, -0.1) is 11.3 Å². The van der Waals surface area contributed by atoms with Crippen LogP contribution in [-0.4, -0.2) is 35.0 Å². The first kappa shape index (κ1) is 26.6. The van der Waals surface area contributed by atoms with E-state index >= 15 is 0 Å². The van der Waals surface area contributed by atoms with Crippen LogP contribution in [0.3, 0.4) is 0 Å². The molecule has 0 radical (unpaired) electrons. The van der Waals surface area contributed by atoms with Crippen LogP contribution < -0.4 is 20.7 Å². The van der Waals surface area contributed by atoms with Crippen molar-refractivity contribution in [2.75, 3.05) is 17.7 Å². The van der Waals surface area contributed by atoms with Crippen LogP contribution in [-0.2, 0) is 5.54 Å². The minimum absolute atomic E-state index is 0.235. The molecule has 10 heteroatoms. The summed E-state index contributed by atoms with van der Waals surface area (Å²) in [4.78, 5) is 40.2. The van der Waals surface area contributed by atoms with Crippen molar-refractivity contribution in [1.29, 1.82) is 0 Å². The average molecular weight is 554 g/mol. The molecule has 3 amide bonds. The van der Waals surface area contributed by atoms with Gasteiger partial charge in [0.25, 0.3) is 17.7 Å². The number of benzene rings is 3. The Kier molecular flexibility index (Phi) is 7.35. The van der Waals surface area contributed by atoms with E-state index in [1.54, 1.807) is 61.7 Å². The van der Waals surface area contributed by atoms with Crippen LogP contribution in [0, 0.1) is 0 Å². The number of methoxy groups -OCH3 is 1. The number of thiophene rings is 1. The van der Waals surface area contributed by atoms with Crippen LogP contribution in [0.4, 0.5) is 11.5 Å². The van der Waals surface area contributed by atoms with Gasteiger partial charge in [-0.05, 0) is 61.9 Å². The molecule has 0 aliphatic heterocycles. The highest BCUT2D eigenvalue weighted by molar-refractivity contribution is 7.20. The highest BCUT2D eigenvalue weighted by atomic mass is 32.1. The first-order chi connectivity index (χ1) is 19.2. The van der Waals surface area contributed by atoms with E-state index in [1.165, 1.54) is 11.3 Å². The number of carbonyl (C=O) groups excluding carboxylic acids is 3. The zero-order chi connectivity index (χ0) is 28.3. The van der Waals surface area contributed by atoms with E-state index in [4.69, 9.17) is 4.74 Å². The van der Waals surface area contributed by atoms with Crippen LogP contribution >= 0.6 is 11.3 Å². The zero-order valence-electron chi connectivity index (χ0n) is 22.1. The molecule has 4 N–H and O–H groups in total. The molecule has 0 unspecified atom stereocenters. The minimum atomic E-state index is -0.580. The van der Waals surface area contributed by atoms with Gasteiger partial charge >= 0.3 is 0 Å². The van der Waals surface area contributed by atoms with Gasteiger partial charge < -0.3 is 20.7 Å². The molecule has 0 aliphatic carbocycles. The summed E-state index contributed by atoms with van der Waals surface area (Å²) in [5.41, 5.74) is 1.44. The monoisotopic (exact) mass is 553 g/mol. The summed E-state index contributed by atoms with van der Waals surface area (Å²) in [5.74, 6) is -0.0526. The molecule has 202 valence electrons. The predicted octanol–water partition coefficient (Wildman–Crippen LogP) is 5.80. The van der Waals surface area contributed by atoms with Crippen molar-refractivity contribution in [3.63, 3.8) is 0 Å². The highest BCUT2D eigenvalue weighted by Crippen LogP contribution is 2.31. The molecule has 0 bridgehead atoms. The third-order valence-corrected chi connectivity index (χ3v) is 7.43. The second-order valence-electron chi connectivity index (χ2n) is 9.56. The largest absolute Gasteiger partial charge is 0.497 e. The molecular formula is C30H27N5O4S. The summed E-state index contributed by atoms with van der Waals surface area (Å²) in [6.07, 6.45) is 0. The van der Waals surface area contributed by atoms with Crippen molar-refractivity contribution in [3.8, 4) is 5.75 Å². The van der Waals surface area contributed by atoms with E-state index < -0.39 is 11.4 Å². The van der Waals surface area contributed by atoms with Gasteiger partial charge in [0.2, 0.25) is 0 Å². The maximum Gasteiger partial charge on any atom is 0.262 e. The van der Waals surface area contributed by atoms with Gasteiger partial charge in [-0.2, -0.15) is 5.10 Å². The normalized spacial score (nSPS) is 11.2. The molecule has 0 spiro atoms. The molecule has 0 saturated heterocycles. The molecule has 40 heavy (non-hydrogen) atoms. The number of hydrogen-bond donors (Lipinski definition) is 4. The zero-order valence-corrected chi connectivity index (χ0v) is 22.9. The fraction of sp³-hybridized carbons (Fsp3) is 0.133. The lowest BCUT2D eigenvalue weighted by Gasteiger charge is -2.26. The van der Waals surface area contributed by atoms with Crippen molar-refractivity contribution in [3.05, 3.63) is 106 Å². The third-order valence-electron chi connectivity index (χ3n) is 6.41. The quantitative estimate of drug-likeness (QED) is 0.193. The van der Waals surface area contributed by atoms with E-state index in [1.807, 2.05) is 44.2 Å². The molecule has 9 nitrogen and oxygen atoms in total. The van der Waals surface area contributed by atoms with Crippen LogP contribution in [0.25, 0.3) is 10.2 Å². The first-order valence-electron chi connectivity index (χ1n) is 12.5. The Bertz CT molecular complexity index is 1690. The standard InChI is InChI=1S/C30H27N5O4S/c1-30(2,19-9-5-4-6-10-19)33-28(38)24-17-22-25(34-35-29(22)40-24)32-27(37)21-11-7-8-12-23(21)31-26(36)18-13-15-20(39-3)16-14-18/h4-17H,1-3H3,(H,31,36)(H,33,38)(H2,32,34,35,37). The van der Waals surface area contributed by atoms with Gasteiger partial charge in [-0.3, -0.25) is 19.5 Å². The summed E-state index contributed by atoms with van der Waals surface area (Å²) in [7, 11) is 1.55. The predicted molar refractivity (Wildman–Crippen MR) is 156 cm³/mol. The van der Waals surface area contributed by atoms with E-state index in [2.05, 4.69) is 26.1 Å². The fourth-order valence-electron chi connectivity index (χ4n) is 4.20. The van der Waals surface area contributed by atoms with E-state index in [0.717, 1.165) is 5.56 Å². The van der Waals surface area contributed by atoms with Crippen molar-refractivity contribution in [1.82, 2.24) is 15.5 Å². The number of nitrogens with zero attached hydrogens (tertiary/aromatic N) is 1. The molecule has 2 heterocycles. The average Bonchev–Trinajstić information content (AvgIpc) is 3.56. The Balaban J connectivity index is 1.32. The van der Waals surface area contributed by atoms with Crippen LogP contribution in [0.1, 0.15) is 49.8 Å². The van der Waals surface area contributed by atoms with Crippen LogP contribution in [0.5, 0.6) is 5.75 Å². The second-order valence-corrected chi connectivity index (χ2v) is 10.6. The number of aromatic amines is 1. The van der Waals surface area contributed by atoms with Gasteiger partial charge in [-0.25, -0.2) is 0 Å².